The van der Waals surface area contributed by atoms with Gasteiger partial charge in [0.25, 0.3) is 0 Å². The molecule has 0 aliphatic rings. The van der Waals surface area contributed by atoms with E-state index in [2.05, 4.69) is 16.0 Å². The average molecular weight is 369 g/mol. The van der Waals surface area contributed by atoms with Gasteiger partial charge < -0.3 is 16.0 Å². The fourth-order valence-corrected chi connectivity index (χ4v) is 2.51. The molecule has 0 atom stereocenters. The summed E-state index contributed by atoms with van der Waals surface area (Å²) in [6, 6.07) is 14.9. The Morgan fingerprint density at radius 1 is 1.00 bits per heavy atom. The molecule has 0 saturated carbocycles. The lowest BCUT2D eigenvalue weighted by atomic mass is 10.1. The summed E-state index contributed by atoms with van der Waals surface area (Å²) in [7, 11) is 0. The zero-order valence-corrected chi connectivity index (χ0v) is 15.9. The number of thiocarbonyl (C=S) groups is 1. The molecular weight excluding hydrogens is 346 g/mol. The standard InChI is InChI=1S/C20H23N3O2S/c1-13(2)19(25)21-16-9-6-10-17(12-16)22-20(26)23-18(24)11-15-8-5-4-7-14(15)3/h4-10,12-13H,11H2,1-3H3,(H,21,25)(H2,22,23,24,26). The Balaban J connectivity index is 1.92. The number of amides is 2. The fourth-order valence-electron chi connectivity index (χ4n) is 2.28. The molecule has 2 rings (SSSR count). The van der Waals surface area contributed by atoms with Crippen LogP contribution in [0.4, 0.5) is 11.4 Å². The van der Waals surface area contributed by atoms with Crippen molar-refractivity contribution in [3.63, 3.8) is 0 Å². The third-order valence-corrected chi connectivity index (χ3v) is 3.98. The van der Waals surface area contributed by atoms with Crippen LogP contribution in [-0.4, -0.2) is 16.9 Å². The first-order valence-corrected chi connectivity index (χ1v) is 8.82. The van der Waals surface area contributed by atoms with Gasteiger partial charge in [0.2, 0.25) is 11.8 Å². The van der Waals surface area contributed by atoms with Crippen LogP contribution in [0.5, 0.6) is 0 Å². The van der Waals surface area contributed by atoms with Crippen LogP contribution >= 0.6 is 12.2 Å². The molecule has 6 heteroatoms. The van der Waals surface area contributed by atoms with Crippen LogP contribution in [0.15, 0.2) is 48.5 Å². The van der Waals surface area contributed by atoms with Crippen LogP contribution in [0.1, 0.15) is 25.0 Å². The molecule has 136 valence electrons. The Kier molecular flexibility index (Phi) is 6.86. The Labute approximate surface area is 159 Å². The molecule has 0 fully saturated rings. The van der Waals surface area contributed by atoms with Crippen LogP contribution in [0.2, 0.25) is 0 Å². The number of rotatable bonds is 5. The molecule has 0 aromatic heterocycles. The van der Waals surface area contributed by atoms with Gasteiger partial charge in [-0.3, -0.25) is 9.59 Å². The van der Waals surface area contributed by atoms with Gasteiger partial charge in [-0.15, -0.1) is 0 Å². The number of nitrogens with one attached hydrogen (secondary N) is 3. The number of benzene rings is 2. The van der Waals surface area contributed by atoms with Crippen molar-refractivity contribution in [3.8, 4) is 0 Å². The van der Waals surface area contributed by atoms with Crippen molar-refractivity contribution >= 4 is 40.5 Å². The number of anilines is 2. The summed E-state index contributed by atoms with van der Waals surface area (Å²) in [5, 5.41) is 8.68. The predicted molar refractivity (Wildman–Crippen MR) is 109 cm³/mol. The van der Waals surface area contributed by atoms with Crippen molar-refractivity contribution in [3.05, 3.63) is 59.7 Å². The summed E-state index contributed by atoms with van der Waals surface area (Å²) < 4.78 is 0. The highest BCUT2D eigenvalue weighted by Gasteiger charge is 2.09. The average Bonchev–Trinajstić information content (AvgIpc) is 2.57. The molecule has 5 nitrogen and oxygen atoms in total. The van der Waals surface area contributed by atoms with Crippen molar-refractivity contribution in [2.24, 2.45) is 5.92 Å². The molecule has 0 bridgehead atoms. The largest absolute Gasteiger partial charge is 0.332 e. The van der Waals surface area contributed by atoms with Crippen molar-refractivity contribution in [1.82, 2.24) is 5.32 Å². The van der Waals surface area contributed by atoms with Gasteiger partial charge in [-0.25, -0.2) is 0 Å². The number of carbonyl (C=O) groups is 2. The zero-order valence-electron chi connectivity index (χ0n) is 15.1. The van der Waals surface area contributed by atoms with Gasteiger partial charge in [0.15, 0.2) is 5.11 Å². The van der Waals surface area contributed by atoms with Crippen LogP contribution < -0.4 is 16.0 Å². The summed E-state index contributed by atoms with van der Waals surface area (Å²) in [5.41, 5.74) is 3.39. The number of carbonyl (C=O) groups excluding carboxylic acids is 2. The van der Waals surface area contributed by atoms with Crippen molar-refractivity contribution in [2.45, 2.75) is 27.2 Å². The smallest absolute Gasteiger partial charge is 0.230 e. The van der Waals surface area contributed by atoms with Gasteiger partial charge in [0.1, 0.15) is 0 Å². The van der Waals surface area contributed by atoms with E-state index in [1.54, 1.807) is 18.2 Å². The summed E-state index contributed by atoms with van der Waals surface area (Å²) >= 11 is 5.20. The molecule has 2 aromatic rings. The minimum atomic E-state index is -0.180. The molecule has 0 aliphatic carbocycles. The molecule has 0 radical (unpaired) electrons. The second kappa shape index (κ2) is 9.10. The minimum Gasteiger partial charge on any atom is -0.332 e. The molecule has 2 aromatic carbocycles. The van der Waals surface area contributed by atoms with Gasteiger partial charge in [-0.1, -0.05) is 44.2 Å². The van der Waals surface area contributed by atoms with E-state index >= 15 is 0 Å². The van der Waals surface area contributed by atoms with E-state index in [1.165, 1.54) is 0 Å². The highest BCUT2D eigenvalue weighted by atomic mass is 32.1. The Hall–Kier alpha value is -2.73. The molecule has 26 heavy (non-hydrogen) atoms. The summed E-state index contributed by atoms with van der Waals surface area (Å²) in [6.07, 6.45) is 0.263. The highest BCUT2D eigenvalue weighted by molar-refractivity contribution is 7.80. The Bertz CT molecular complexity index is 818. The van der Waals surface area contributed by atoms with Crippen LogP contribution in [-0.2, 0) is 16.0 Å². The molecule has 0 aliphatic heterocycles. The number of aryl methyl sites for hydroxylation is 1. The van der Waals surface area contributed by atoms with E-state index in [9.17, 15) is 9.59 Å². The van der Waals surface area contributed by atoms with E-state index in [0.29, 0.717) is 11.4 Å². The molecule has 0 unspecified atom stereocenters. The second-order valence-electron chi connectivity index (χ2n) is 6.33. The highest BCUT2D eigenvalue weighted by Crippen LogP contribution is 2.16. The number of hydrogen-bond donors (Lipinski definition) is 3. The maximum atomic E-state index is 12.2. The molecule has 2 amide bonds. The van der Waals surface area contributed by atoms with Gasteiger partial charge in [-0.05, 0) is 48.5 Å². The van der Waals surface area contributed by atoms with E-state index in [4.69, 9.17) is 12.2 Å². The minimum absolute atomic E-state index is 0.0590. The van der Waals surface area contributed by atoms with E-state index in [0.717, 1.165) is 11.1 Å². The Morgan fingerprint density at radius 3 is 2.31 bits per heavy atom. The van der Waals surface area contributed by atoms with Gasteiger partial charge in [0.05, 0.1) is 6.42 Å². The topological polar surface area (TPSA) is 70.2 Å². The number of hydrogen-bond acceptors (Lipinski definition) is 3. The lowest BCUT2D eigenvalue weighted by Gasteiger charge is -2.12. The summed E-state index contributed by atoms with van der Waals surface area (Å²) in [4.78, 5) is 23.9. The summed E-state index contributed by atoms with van der Waals surface area (Å²) in [5.74, 6) is -0.342. The zero-order chi connectivity index (χ0) is 19.1. The molecule has 3 N–H and O–H groups in total. The lowest BCUT2D eigenvalue weighted by Crippen LogP contribution is -2.35. The van der Waals surface area contributed by atoms with Crippen molar-refractivity contribution in [2.75, 3.05) is 10.6 Å². The monoisotopic (exact) mass is 369 g/mol. The maximum Gasteiger partial charge on any atom is 0.230 e. The SMILES string of the molecule is Cc1ccccc1CC(=O)NC(=S)Nc1cccc(NC(=O)C(C)C)c1. The normalized spacial score (nSPS) is 10.3. The molecule has 0 saturated heterocycles. The van der Waals surface area contributed by atoms with Crippen molar-refractivity contribution < 1.29 is 9.59 Å². The van der Waals surface area contributed by atoms with Crippen LogP contribution in [0.25, 0.3) is 0 Å². The first kappa shape index (κ1) is 19.6. The maximum absolute atomic E-state index is 12.2. The molecule has 0 spiro atoms. The van der Waals surface area contributed by atoms with E-state index < -0.39 is 0 Å². The van der Waals surface area contributed by atoms with Gasteiger partial charge in [-0.2, -0.15) is 0 Å². The lowest BCUT2D eigenvalue weighted by molar-refractivity contribution is -0.119. The third-order valence-electron chi connectivity index (χ3n) is 3.78. The second-order valence-corrected chi connectivity index (χ2v) is 6.74. The van der Waals surface area contributed by atoms with Crippen molar-refractivity contribution in [1.29, 1.82) is 0 Å². The van der Waals surface area contributed by atoms with Crippen LogP contribution in [0, 0.1) is 12.8 Å². The van der Waals surface area contributed by atoms with E-state index in [1.807, 2.05) is 51.1 Å². The third kappa shape index (κ3) is 5.97. The fraction of sp³-hybridized carbons (Fsp3) is 0.250. The van der Waals surface area contributed by atoms with Gasteiger partial charge >= 0.3 is 0 Å². The van der Waals surface area contributed by atoms with E-state index in [-0.39, 0.29) is 29.3 Å². The first-order valence-electron chi connectivity index (χ1n) is 8.41. The first-order chi connectivity index (χ1) is 12.3. The summed E-state index contributed by atoms with van der Waals surface area (Å²) in [6.45, 7) is 5.63. The predicted octanol–water partition coefficient (Wildman–Crippen LogP) is 3.65. The molecular formula is C20H23N3O2S. The van der Waals surface area contributed by atoms with Gasteiger partial charge in [0, 0.05) is 17.3 Å². The molecule has 0 heterocycles. The van der Waals surface area contributed by atoms with Crippen LogP contribution in [0.3, 0.4) is 0 Å². The Morgan fingerprint density at radius 2 is 1.65 bits per heavy atom. The quantitative estimate of drug-likeness (QED) is 0.704.